The lowest BCUT2D eigenvalue weighted by Gasteiger charge is -2.50. The van der Waals surface area contributed by atoms with Crippen LogP contribution in [0, 0.1) is 0 Å². The molecule has 2 fully saturated rings. The summed E-state index contributed by atoms with van der Waals surface area (Å²) in [5.41, 5.74) is 6.29. The Morgan fingerprint density at radius 3 is 1.91 bits per heavy atom. The highest BCUT2D eigenvalue weighted by Gasteiger charge is 2.59. The van der Waals surface area contributed by atoms with E-state index in [0.29, 0.717) is 0 Å². The van der Waals surface area contributed by atoms with Crippen molar-refractivity contribution in [2.75, 3.05) is 19.8 Å². The van der Waals surface area contributed by atoms with E-state index in [0.717, 1.165) is 13.8 Å². The summed E-state index contributed by atoms with van der Waals surface area (Å²) in [6.07, 6.45) is -17.2. The summed E-state index contributed by atoms with van der Waals surface area (Å²) in [6.45, 7) is -0.155. The molecule has 0 radical (unpaired) electrons. The van der Waals surface area contributed by atoms with Crippen molar-refractivity contribution in [2.45, 2.75) is 118 Å². The maximum absolute atomic E-state index is 12.6. The maximum atomic E-state index is 12.6. The zero-order valence-electron chi connectivity index (χ0n) is 25.7. The van der Waals surface area contributed by atoms with Crippen molar-refractivity contribution in [3.8, 4) is 0 Å². The average molecular weight is 682 g/mol. The first kappa shape index (κ1) is 40.0. The second kappa shape index (κ2) is 17.3. The van der Waals surface area contributed by atoms with Gasteiger partial charge in [-0.25, -0.2) is 9.59 Å². The van der Waals surface area contributed by atoms with Gasteiger partial charge in [-0.3, -0.25) is 9.59 Å². The van der Waals surface area contributed by atoms with Gasteiger partial charge in [0.1, 0.15) is 36.6 Å². The topological polar surface area (TPSA) is 351 Å². The summed E-state index contributed by atoms with van der Waals surface area (Å²) in [5, 5.41) is 102. The predicted molar refractivity (Wildman–Crippen MR) is 152 cm³/mol. The van der Waals surface area contributed by atoms with E-state index < -0.39 is 122 Å². The van der Waals surface area contributed by atoms with Gasteiger partial charge in [0.25, 0.3) is 5.79 Å². The Balaban J connectivity index is 2.52. The Kier molecular flexibility index (Phi) is 14.7. The van der Waals surface area contributed by atoms with Crippen LogP contribution in [0.3, 0.4) is 0 Å². The number of nitrogens with one attached hydrogen (secondary N) is 2. The number of aliphatic carboxylic acids is 2. The molecule has 0 aliphatic carbocycles. The van der Waals surface area contributed by atoms with Crippen LogP contribution in [0.5, 0.6) is 0 Å². The summed E-state index contributed by atoms with van der Waals surface area (Å²) in [4.78, 5) is 51.5. The molecule has 2 rings (SSSR count). The minimum atomic E-state index is -3.02. The molecular formula is C26H43N5O16. The average Bonchev–Trinajstić information content (AvgIpc) is 3.00. The van der Waals surface area contributed by atoms with Gasteiger partial charge in [-0.05, 0) is 24.8 Å². The third-order valence-corrected chi connectivity index (χ3v) is 8.01. The number of ether oxygens (including phenoxy) is 3. The van der Waals surface area contributed by atoms with E-state index in [9.17, 15) is 65.1 Å². The van der Waals surface area contributed by atoms with Gasteiger partial charge in [-0.15, -0.1) is 0 Å². The highest BCUT2D eigenvalue weighted by molar-refractivity contribution is 5.78. The van der Waals surface area contributed by atoms with Crippen molar-refractivity contribution in [3.63, 3.8) is 0 Å². The molecule has 11 N–H and O–H groups in total. The number of aliphatic hydroxyl groups is 7. The molecular weight excluding hydrogens is 638 g/mol. The number of carbonyl (C=O) groups excluding carboxylic acids is 2. The van der Waals surface area contributed by atoms with Crippen LogP contribution in [0.15, 0.2) is 5.11 Å². The first-order valence-electron chi connectivity index (χ1n) is 14.7. The third-order valence-electron chi connectivity index (χ3n) is 8.01. The van der Waals surface area contributed by atoms with Crippen LogP contribution in [0.4, 0.5) is 0 Å². The molecule has 0 bridgehead atoms. The van der Waals surface area contributed by atoms with Gasteiger partial charge in [0.2, 0.25) is 11.8 Å². The second-order valence-electron chi connectivity index (χ2n) is 11.5. The van der Waals surface area contributed by atoms with Gasteiger partial charge in [0.05, 0.1) is 37.5 Å². The van der Waals surface area contributed by atoms with E-state index in [2.05, 4.69) is 20.7 Å². The highest BCUT2D eigenvalue weighted by Crippen LogP contribution is 2.39. The largest absolute Gasteiger partial charge is 0.479 e. The SMILES string of the molecule is CC(=O)N[C@@H]1[C@@H](O)C[C@](OC(CO)C(O)[C@@H]2O[C@@](CCCCN=[N+]=[N-])(C(=O)O)C[C@H](O)[C@H]2NC(C)=O)(C(=O)O)O[C@H]1C(O)C(O)CO. The van der Waals surface area contributed by atoms with Gasteiger partial charge < -0.3 is 70.8 Å². The molecule has 0 saturated carbocycles. The Morgan fingerprint density at radius 2 is 1.45 bits per heavy atom. The lowest BCUT2D eigenvalue weighted by Crippen LogP contribution is -2.70. The summed E-state index contributed by atoms with van der Waals surface area (Å²) in [5.74, 6) is -8.05. The van der Waals surface area contributed by atoms with Crippen LogP contribution >= 0.6 is 0 Å². The third kappa shape index (κ3) is 9.67. The molecule has 268 valence electrons. The van der Waals surface area contributed by atoms with Crippen molar-refractivity contribution < 1.29 is 79.3 Å². The zero-order valence-corrected chi connectivity index (χ0v) is 25.7. The fraction of sp³-hybridized carbons (Fsp3) is 0.846. The molecule has 21 nitrogen and oxygen atoms in total. The number of azide groups is 1. The van der Waals surface area contributed by atoms with Crippen LogP contribution in [0.25, 0.3) is 10.4 Å². The molecule has 0 aromatic heterocycles. The summed E-state index contributed by atoms with van der Waals surface area (Å²) >= 11 is 0. The van der Waals surface area contributed by atoms with Gasteiger partial charge >= 0.3 is 11.9 Å². The number of nitrogens with zero attached hydrogens (tertiary/aromatic N) is 3. The monoisotopic (exact) mass is 681 g/mol. The summed E-state index contributed by atoms with van der Waals surface area (Å²) < 4.78 is 16.9. The molecule has 4 unspecified atom stereocenters. The van der Waals surface area contributed by atoms with Gasteiger partial charge in [-0.1, -0.05) is 5.11 Å². The Bertz CT molecular complexity index is 1160. The first-order chi connectivity index (χ1) is 22.0. The fourth-order valence-electron chi connectivity index (χ4n) is 5.72. The second-order valence-corrected chi connectivity index (χ2v) is 11.5. The van der Waals surface area contributed by atoms with Crippen LogP contribution in [0.2, 0.25) is 0 Å². The van der Waals surface area contributed by atoms with Crippen molar-refractivity contribution >= 4 is 23.8 Å². The van der Waals surface area contributed by atoms with Crippen molar-refractivity contribution in [1.29, 1.82) is 0 Å². The fourth-order valence-corrected chi connectivity index (χ4v) is 5.72. The molecule has 2 amide bonds. The Hall–Kier alpha value is -3.21. The van der Waals surface area contributed by atoms with Crippen LogP contribution < -0.4 is 10.6 Å². The van der Waals surface area contributed by atoms with Crippen molar-refractivity contribution in [1.82, 2.24) is 10.6 Å². The van der Waals surface area contributed by atoms with E-state index in [1.165, 1.54) is 0 Å². The summed E-state index contributed by atoms with van der Waals surface area (Å²) in [6, 6.07) is -3.07. The molecule has 21 heteroatoms. The van der Waals surface area contributed by atoms with Crippen LogP contribution in [-0.4, -0.2) is 162 Å². The number of carboxylic acids is 2. The zero-order chi connectivity index (χ0) is 35.7. The minimum absolute atomic E-state index is 0.0205. The van der Waals surface area contributed by atoms with E-state index in [4.69, 9.17) is 19.7 Å². The van der Waals surface area contributed by atoms with Crippen molar-refractivity contribution in [2.24, 2.45) is 5.11 Å². The van der Waals surface area contributed by atoms with E-state index in [1.54, 1.807) is 0 Å². The normalized spacial score (nSPS) is 33.4. The van der Waals surface area contributed by atoms with Gasteiger partial charge in [-0.2, -0.15) is 0 Å². The van der Waals surface area contributed by atoms with E-state index in [-0.39, 0.29) is 25.8 Å². The van der Waals surface area contributed by atoms with Crippen molar-refractivity contribution in [3.05, 3.63) is 10.4 Å². The lowest BCUT2D eigenvalue weighted by molar-refractivity contribution is -0.337. The molecule has 2 heterocycles. The maximum Gasteiger partial charge on any atom is 0.364 e. The number of amides is 2. The standard InChI is InChI=1S/C26H43N5O16/c1-11(34)29-17-13(36)7-25(23(41)42,5-3-4-6-28-31-27)46-22(17)20(40)16(10-33)45-26(24(43)44)8-14(37)18(30-12(2)35)21(47-26)19(39)15(38)9-32/h13-22,32-33,36-40H,3-10H2,1-2H3,(H,29,34)(H,30,35)(H,41,42)(H,43,44)/t13-,14-,15?,16?,17+,18+,19?,20?,21+,22+,25+,26+/m0/s1. The lowest BCUT2D eigenvalue weighted by atomic mass is 9.81. The summed E-state index contributed by atoms with van der Waals surface area (Å²) in [7, 11) is 0. The smallest absolute Gasteiger partial charge is 0.364 e. The molecule has 0 aromatic rings. The van der Waals surface area contributed by atoms with Gasteiger partial charge in [0.15, 0.2) is 5.60 Å². The molecule has 0 aromatic carbocycles. The Morgan fingerprint density at radius 1 is 0.894 bits per heavy atom. The van der Waals surface area contributed by atoms with Gasteiger partial charge in [0, 0.05) is 38.1 Å². The number of carboxylic acid groups (broad SMARTS) is 2. The first-order valence-corrected chi connectivity index (χ1v) is 14.7. The Labute approximate surface area is 267 Å². The molecule has 0 spiro atoms. The van der Waals surface area contributed by atoms with E-state index >= 15 is 0 Å². The molecule has 47 heavy (non-hydrogen) atoms. The molecule has 12 atom stereocenters. The predicted octanol–water partition coefficient (Wildman–Crippen LogP) is -4.17. The quantitative estimate of drug-likeness (QED) is 0.0300. The van der Waals surface area contributed by atoms with E-state index in [1.807, 2.05) is 0 Å². The number of rotatable bonds is 17. The van der Waals surface area contributed by atoms with Crippen LogP contribution in [-0.2, 0) is 33.4 Å². The molecule has 2 aliphatic rings. The molecule has 2 aliphatic heterocycles. The minimum Gasteiger partial charge on any atom is -0.479 e. The number of carbonyl (C=O) groups is 4. The van der Waals surface area contributed by atoms with Crippen LogP contribution in [0.1, 0.15) is 46.0 Å². The highest BCUT2D eigenvalue weighted by atomic mass is 16.7. The number of unbranched alkanes of at least 4 members (excludes halogenated alkanes) is 1. The number of hydrogen-bond donors (Lipinski definition) is 11. The number of aliphatic hydroxyl groups excluding tert-OH is 7. The number of hydrogen-bond acceptors (Lipinski definition) is 15. The molecule has 2 saturated heterocycles.